The van der Waals surface area contributed by atoms with Crippen LogP contribution in [0.4, 0.5) is 0 Å². The summed E-state index contributed by atoms with van der Waals surface area (Å²) in [6.45, 7) is 5.99. The van der Waals surface area contributed by atoms with Crippen LogP contribution in [0.2, 0.25) is 0 Å². The summed E-state index contributed by atoms with van der Waals surface area (Å²) in [6, 6.07) is 23.8. The summed E-state index contributed by atoms with van der Waals surface area (Å²) in [5.74, 6) is -0.165. The van der Waals surface area contributed by atoms with Crippen molar-refractivity contribution >= 4 is 15.7 Å². The maximum atomic E-state index is 13.1. The summed E-state index contributed by atoms with van der Waals surface area (Å²) in [5, 5.41) is 0. The highest BCUT2D eigenvalue weighted by atomic mass is 32.2. The van der Waals surface area contributed by atoms with Crippen molar-refractivity contribution in [1.29, 1.82) is 0 Å². The van der Waals surface area contributed by atoms with E-state index in [4.69, 9.17) is 0 Å². The third kappa shape index (κ3) is 5.26. The van der Waals surface area contributed by atoms with Crippen LogP contribution >= 0.6 is 0 Å². The first-order chi connectivity index (χ1) is 15.4. The second kappa shape index (κ2) is 9.67. The number of aryl methyl sites for hydroxylation is 1. The fourth-order valence-electron chi connectivity index (χ4n) is 4.04. The van der Waals surface area contributed by atoms with Crippen LogP contribution in [0, 0.1) is 6.92 Å². The molecule has 0 saturated carbocycles. The predicted octanol–water partition coefficient (Wildman–Crippen LogP) is 3.93. The second-order valence-corrected chi connectivity index (χ2v) is 10.3. The van der Waals surface area contributed by atoms with Gasteiger partial charge < -0.3 is 4.90 Å². The molecule has 1 amide bonds. The van der Waals surface area contributed by atoms with Crippen molar-refractivity contribution < 1.29 is 13.2 Å². The molecule has 5 nitrogen and oxygen atoms in total. The van der Waals surface area contributed by atoms with Gasteiger partial charge in [0.05, 0.1) is 10.6 Å². The number of benzene rings is 3. The molecule has 3 aromatic rings. The number of rotatable bonds is 6. The van der Waals surface area contributed by atoms with Crippen molar-refractivity contribution in [2.45, 2.75) is 24.1 Å². The van der Waals surface area contributed by atoms with E-state index in [9.17, 15) is 13.2 Å². The van der Waals surface area contributed by atoms with Crippen molar-refractivity contribution in [3.05, 3.63) is 101 Å². The molecule has 1 heterocycles. The molecule has 6 heteroatoms. The van der Waals surface area contributed by atoms with Crippen molar-refractivity contribution in [2.24, 2.45) is 0 Å². The van der Waals surface area contributed by atoms with E-state index in [0.717, 1.165) is 19.6 Å². The van der Waals surface area contributed by atoms with Crippen LogP contribution in [-0.4, -0.2) is 50.3 Å². The standard InChI is InChI=1S/C26H28N2O3S/c1-21-8-5-6-10-24(21)19-27-14-16-28(17-15-27)26(29)23-11-7-9-22(18-23)20-32(30,31)25-12-3-2-4-13-25/h2-13,18H,14-17,19-20H2,1H3. The average molecular weight is 449 g/mol. The van der Waals surface area contributed by atoms with E-state index >= 15 is 0 Å². The second-order valence-electron chi connectivity index (χ2n) is 8.27. The molecule has 0 aliphatic carbocycles. The lowest BCUT2D eigenvalue weighted by atomic mass is 10.1. The largest absolute Gasteiger partial charge is 0.336 e. The summed E-state index contributed by atoms with van der Waals surface area (Å²) < 4.78 is 25.4. The molecule has 0 radical (unpaired) electrons. The third-order valence-corrected chi connectivity index (χ3v) is 7.65. The van der Waals surface area contributed by atoms with Gasteiger partial charge >= 0.3 is 0 Å². The van der Waals surface area contributed by atoms with E-state index < -0.39 is 9.84 Å². The average Bonchev–Trinajstić information content (AvgIpc) is 2.81. The number of carbonyl (C=O) groups is 1. The van der Waals surface area contributed by atoms with Crippen LogP contribution in [-0.2, 0) is 22.1 Å². The Bertz CT molecular complexity index is 1180. The highest BCUT2D eigenvalue weighted by Gasteiger charge is 2.23. The lowest BCUT2D eigenvalue weighted by Gasteiger charge is -2.35. The van der Waals surface area contributed by atoms with Gasteiger partial charge in [0.2, 0.25) is 0 Å². The van der Waals surface area contributed by atoms with Crippen LogP contribution < -0.4 is 0 Å². The summed E-state index contributed by atoms with van der Waals surface area (Å²) >= 11 is 0. The topological polar surface area (TPSA) is 57.7 Å². The molecule has 0 unspecified atom stereocenters. The molecule has 0 bridgehead atoms. The van der Waals surface area contributed by atoms with Crippen LogP contribution in [0.3, 0.4) is 0 Å². The molecule has 1 aliphatic rings. The Morgan fingerprint density at radius 1 is 0.844 bits per heavy atom. The molecule has 166 valence electrons. The zero-order valence-corrected chi connectivity index (χ0v) is 19.1. The fourth-order valence-corrected chi connectivity index (χ4v) is 5.40. The first-order valence-corrected chi connectivity index (χ1v) is 12.5. The minimum absolute atomic E-state index is 0.0421. The fraction of sp³-hybridized carbons (Fsp3) is 0.269. The van der Waals surface area contributed by atoms with Crippen molar-refractivity contribution in [3.8, 4) is 0 Å². The van der Waals surface area contributed by atoms with Gasteiger partial charge in [-0.1, -0.05) is 54.6 Å². The number of carbonyl (C=O) groups excluding carboxylic acids is 1. The van der Waals surface area contributed by atoms with Gasteiger partial charge in [-0.25, -0.2) is 8.42 Å². The summed E-state index contributed by atoms with van der Waals surface area (Å²) in [6.07, 6.45) is 0. The highest BCUT2D eigenvalue weighted by Crippen LogP contribution is 2.19. The molecule has 1 fully saturated rings. The SMILES string of the molecule is Cc1ccccc1CN1CCN(C(=O)c2cccc(CS(=O)(=O)c3ccccc3)c2)CC1. The van der Waals surface area contributed by atoms with E-state index in [1.807, 2.05) is 4.90 Å². The molecule has 0 N–H and O–H groups in total. The zero-order valence-electron chi connectivity index (χ0n) is 18.3. The lowest BCUT2D eigenvalue weighted by Crippen LogP contribution is -2.48. The van der Waals surface area contributed by atoms with Gasteiger partial charge in [-0.2, -0.15) is 0 Å². The minimum atomic E-state index is -3.45. The number of sulfone groups is 1. The van der Waals surface area contributed by atoms with Gasteiger partial charge in [0.25, 0.3) is 5.91 Å². The van der Waals surface area contributed by atoms with Crippen LogP contribution in [0.5, 0.6) is 0 Å². The lowest BCUT2D eigenvalue weighted by molar-refractivity contribution is 0.0628. The summed E-state index contributed by atoms with van der Waals surface area (Å²) in [4.78, 5) is 17.6. The van der Waals surface area contributed by atoms with Crippen molar-refractivity contribution in [2.75, 3.05) is 26.2 Å². The molecule has 0 spiro atoms. The van der Waals surface area contributed by atoms with Gasteiger partial charge in [0.15, 0.2) is 9.84 Å². The van der Waals surface area contributed by atoms with Gasteiger partial charge in [-0.3, -0.25) is 9.69 Å². The molecule has 3 aromatic carbocycles. The Morgan fingerprint density at radius 2 is 1.53 bits per heavy atom. The molecular formula is C26H28N2O3S. The van der Waals surface area contributed by atoms with Gasteiger partial charge in [-0.15, -0.1) is 0 Å². The van der Waals surface area contributed by atoms with Gasteiger partial charge in [-0.05, 0) is 47.9 Å². The number of amides is 1. The molecule has 0 aromatic heterocycles. The normalized spacial score (nSPS) is 15.0. The molecule has 32 heavy (non-hydrogen) atoms. The Labute approximate surface area is 190 Å². The van der Waals surface area contributed by atoms with E-state index in [2.05, 4.69) is 36.1 Å². The van der Waals surface area contributed by atoms with E-state index in [1.54, 1.807) is 54.6 Å². The molecule has 4 rings (SSSR count). The number of piperazine rings is 1. The Balaban J connectivity index is 1.39. The Hall–Kier alpha value is -2.96. The first-order valence-electron chi connectivity index (χ1n) is 10.9. The van der Waals surface area contributed by atoms with Crippen LogP contribution in [0.15, 0.2) is 83.8 Å². The molecule has 1 aliphatic heterocycles. The van der Waals surface area contributed by atoms with E-state index in [-0.39, 0.29) is 11.7 Å². The zero-order chi connectivity index (χ0) is 22.6. The molecule has 1 saturated heterocycles. The first kappa shape index (κ1) is 22.2. The highest BCUT2D eigenvalue weighted by molar-refractivity contribution is 7.90. The van der Waals surface area contributed by atoms with Gasteiger partial charge in [0.1, 0.15) is 0 Å². The maximum absolute atomic E-state index is 13.1. The number of hydrogen-bond donors (Lipinski definition) is 0. The van der Waals surface area contributed by atoms with Crippen LogP contribution in [0.1, 0.15) is 27.0 Å². The van der Waals surface area contributed by atoms with Crippen molar-refractivity contribution in [1.82, 2.24) is 9.80 Å². The minimum Gasteiger partial charge on any atom is -0.336 e. The summed E-state index contributed by atoms with van der Waals surface area (Å²) in [7, 11) is -3.45. The van der Waals surface area contributed by atoms with E-state index in [0.29, 0.717) is 29.1 Å². The predicted molar refractivity (Wildman–Crippen MR) is 126 cm³/mol. The Morgan fingerprint density at radius 3 is 2.25 bits per heavy atom. The smallest absolute Gasteiger partial charge is 0.253 e. The number of hydrogen-bond acceptors (Lipinski definition) is 4. The van der Waals surface area contributed by atoms with Crippen LogP contribution in [0.25, 0.3) is 0 Å². The number of nitrogens with zero attached hydrogens (tertiary/aromatic N) is 2. The van der Waals surface area contributed by atoms with Gasteiger partial charge in [0, 0.05) is 38.3 Å². The monoisotopic (exact) mass is 448 g/mol. The summed E-state index contributed by atoms with van der Waals surface area (Å²) in [5.41, 5.74) is 3.77. The quantitative estimate of drug-likeness (QED) is 0.573. The molecule has 0 atom stereocenters. The van der Waals surface area contributed by atoms with E-state index in [1.165, 1.54) is 11.1 Å². The van der Waals surface area contributed by atoms with Crippen molar-refractivity contribution in [3.63, 3.8) is 0 Å². The Kier molecular flexibility index (Phi) is 6.72. The molecular weight excluding hydrogens is 420 g/mol. The maximum Gasteiger partial charge on any atom is 0.253 e. The third-order valence-electron chi connectivity index (χ3n) is 5.95.